The molecule has 0 aromatic carbocycles. The number of aliphatic hydroxyl groups is 3. The van der Waals surface area contributed by atoms with Crippen molar-refractivity contribution in [3.05, 3.63) is 0 Å². The molecule has 9 nitrogen and oxygen atoms in total. The van der Waals surface area contributed by atoms with Crippen molar-refractivity contribution in [3.63, 3.8) is 0 Å². The molecular weight excluding hydrogens is 427 g/mol. The number of hydrogen-bond donors (Lipinski definition) is 3. The Morgan fingerprint density at radius 1 is 0.808 bits per heavy atom. The standard InChI is InChI=1S/C10H16O7.2C3H8O.Zr/c1-3-9(4-2,7(13)14)10(17,8(15)16)5-6(11)12;2*1-2-3-4;/h17H,3-5H2,1-2H3,(H,11,12)(H,13,14)(H,15,16);2*4H,2-3H2,1H3;/q;;;+3/p-3. The fourth-order valence-electron chi connectivity index (χ4n) is 1.94. The smallest absolute Gasteiger partial charge is 0.550 e. The predicted octanol–water partition coefficient (Wildman–Crippen LogP) is -3.06. The van der Waals surface area contributed by atoms with E-state index in [0.29, 0.717) is 13.2 Å². The topological polar surface area (TPSA) is 181 Å². The Bertz CT molecular complexity index is 389. The summed E-state index contributed by atoms with van der Waals surface area (Å²) in [5.74, 6) is -5.89. The van der Waals surface area contributed by atoms with Gasteiger partial charge in [-0.3, -0.25) is 0 Å². The van der Waals surface area contributed by atoms with E-state index in [1.807, 2.05) is 13.8 Å². The molecule has 26 heavy (non-hydrogen) atoms. The second kappa shape index (κ2) is 17.6. The summed E-state index contributed by atoms with van der Waals surface area (Å²) in [6.45, 7) is 7.12. The van der Waals surface area contributed by atoms with Gasteiger partial charge >= 0.3 is 26.2 Å². The first-order valence-electron chi connectivity index (χ1n) is 8.07. The zero-order valence-electron chi connectivity index (χ0n) is 15.7. The molecule has 1 radical (unpaired) electrons. The molecular formula is C16H29O9Zr. The van der Waals surface area contributed by atoms with Crippen LogP contribution in [-0.4, -0.2) is 52.0 Å². The quantitative estimate of drug-likeness (QED) is 0.324. The summed E-state index contributed by atoms with van der Waals surface area (Å²) in [7, 11) is 0. The first-order valence-corrected chi connectivity index (χ1v) is 8.07. The first-order chi connectivity index (χ1) is 11.5. The average molecular weight is 457 g/mol. The summed E-state index contributed by atoms with van der Waals surface area (Å²) in [5, 5.41) is 58.0. The van der Waals surface area contributed by atoms with Gasteiger partial charge in [-0.25, -0.2) is 0 Å². The van der Waals surface area contributed by atoms with Crippen LogP contribution in [-0.2, 0) is 40.6 Å². The maximum Gasteiger partial charge on any atom is 3.00 e. The van der Waals surface area contributed by atoms with Gasteiger partial charge in [-0.05, 0) is 25.7 Å². The Balaban J connectivity index is -0.000000226. The van der Waals surface area contributed by atoms with Crippen LogP contribution in [0.4, 0.5) is 0 Å². The molecule has 151 valence electrons. The van der Waals surface area contributed by atoms with Crippen LogP contribution < -0.4 is 15.3 Å². The SMILES string of the molecule is CCC(CC)(C(=O)[O-])C(O)(CC(=O)[O-])C(=O)[O-].CCCO.CCCO.[Zr+3]. The Hall–Kier alpha value is -0.827. The van der Waals surface area contributed by atoms with E-state index in [9.17, 15) is 34.8 Å². The summed E-state index contributed by atoms with van der Waals surface area (Å²) < 4.78 is 0. The fraction of sp³-hybridized carbons (Fsp3) is 0.812. The van der Waals surface area contributed by atoms with Crippen molar-refractivity contribution in [1.82, 2.24) is 0 Å². The van der Waals surface area contributed by atoms with Crippen molar-refractivity contribution in [2.45, 2.75) is 65.4 Å². The van der Waals surface area contributed by atoms with E-state index < -0.39 is 35.3 Å². The van der Waals surface area contributed by atoms with E-state index in [1.165, 1.54) is 13.8 Å². The molecule has 10 heteroatoms. The van der Waals surface area contributed by atoms with Gasteiger partial charge in [-0.1, -0.05) is 27.7 Å². The van der Waals surface area contributed by atoms with Crippen molar-refractivity contribution in [2.75, 3.05) is 13.2 Å². The van der Waals surface area contributed by atoms with Crippen LogP contribution in [0.2, 0.25) is 0 Å². The van der Waals surface area contributed by atoms with Gasteiger partial charge in [0, 0.05) is 31.0 Å². The molecule has 0 spiro atoms. The molecule has 0 saturated carbocycles. The summed E-state index contributed by atoms with van der Waals surface area (Å²) in [5.41, 5.74) is -5.29. The summed E-state index contributed by atoms with van der Waals surface area (Å²) >= 11 is 0. The van der Waals surface area contributed by atoms with Crippen LogP contribution in [0.15, 0.2) is 0 Å². The van der Waals surface area contributed by atoms with Crippen LogP contribution >= 0.6 is 0 Å². The predicted molar refractivity (Wildman–Crippen MR) is 82.4 cm³/mol. The van der Waals surface area contributed by atoms with E-state index in [2.05, 4.69) is 0 Å². The van der Waals surface area contributed by atoms with Crippen molar-refractivity contribution in [2.24, 2.45) is 5.41 Å². The van der Waals surface area contributed by atoms with Gasteiger partial charge in [0.25, 0.3) is 0 Å². The molecule has 0 saturated heterocycles. The zero-order valence-corrected chi connectivity index (χ0v) is 18.2. The summed E-state index contributed by atoms with van der Waals surface area (Å²) in [4.78, 5) is 32.4. The average Bonchev–Trinajstić information content (AvgIpc) is 2.55. The third kappa shape index (κ3) is 10.4. The van der Waals surface area contributed by atoms with E-state index in [-0.39, 0.29) is 39.0 Å². The Labute approximate surface area is 173 Å². The number of carbonyl (C=O) groups excluding carboxylic acids is 3. The van der Waals surface area contributed by atoms with Gasteiger partial charge in [-0.15, -0.1) is 0 Å². The van der Waals surface area contributed by atoms with Crippen LogP contribution in [0.1, 0.15) is 59.8 Å². The summed E-state index contributed by atoms with van der Waals surface area (Å²) in [6.07, 6.45) is -0.252. The normalized spacial score (nSPS) is 12.1. The van der Waals surface area contributed by atoms with Gasteiger partial charge in [0.05, 0.1) is 11.9 Å². The molecule has 0 aromatic rings. The minimum atomic E-state index is -3.06. The van der Waals surface area contributed by atoms with Gasteiger partial charge in [0.15, 0.2) is 0 Å². The number of aliphatic carboxylic acids is 3. The Kier molecular flexibility index (Phi) is 22.2. The van der Waals surface area contributed by atoms with E-state index >= 15 is 0 Å². The number of carboxylic acid groups (broad SMARTS) is 3. The number of carboxylic acids is 3. The molecule has 0 aromatic heterocycles. The van der Waals surface area contributed by atoms with Crippen LogP contribution in [0, 0.1) is 5.41 Å². The number of hydrogen-bond acceptors (Lipinski definition) is 9. The molecule has 0 rings (SSSR count). The van der Waals surface area contributed by atoms with E-state index in [1.54, 1.807) is 0 Å². The van der Waals surface area contributed by atoms with Crippen molar-refractivity contribution < 1.29 is 71.2 Å². The van der Waals surface area contributed by atoms with Crippen molar-refractivity contribution in [1.29, 1.82) is 0 Å². The monoisotopic (exact) mass is 455 g/mol. The van der Waals surface area contributed by atoms with Crippen LogP contribution in [0.5, 0.6) is 0 Å². The largest absolute Gasteiger partial charge is 3.00 e. The molecule has 0 aliphatic rings. The maximum absolute atomic E-state index is 11.0. The van der Waals surface area contributed by atoms with E-state index in [4.69, 9.17) is 10.2 Å². The zero-order chi connectivity index (χ0) is 20.7. The Morgan fingerprint density at radius 3 is 1.23 bits per heavy atom. The second-order valence-corrected chi connectivity index (χ2v) is 5.22. The minimum absolute atomic E-state index is 0. The number of rotatable bonds is 9. The molecule has 0 fully saturated rings. The molecule has 0 heterocycles. The molecule has 0 aliphatic heterocycles. The van der Waals surface area contributed by atoms with Gasteiger partial charge in [-0.2, -0.15) is 0 Å². The van der Waals surface area contributed by atoms with E-state index in [0.717, 1.165) is 12.8 Å². The second-order valence-electron chi connectivity index (χ2n) is 5.22. The molecule has 1 atom stereocenters. The molecule has 3 N–H and O–H groups in total. The minimum Gasteiger partial charge on any atom is -0.550 e. The third-order valence-electron chi connectivity index (χ3n) is 3.57. The molecule has 1 unspecified atom stereocenters. The van der Waals surface area contributed by atoms with Crippen LogP contribution in [0.3, 0.4) is 0 Å². The third-order valence-corrected chi connectivity index (χ3v) is 3.57. The van der Waals surface area contributed by atoms with Crippen molar-refractivity contribution >= 4 is 17.9 Å². The summed E-state index contributed by atoms with van der Waals surface area (Å²) in [6, 6.07) is 0. The Morgan fingerprint density at radius 2 is 1.12 bits per heavy atom. The molecule has 0 amide bonds. The van der Waals surface area contributed by atoms with Gasteiger partial charge < -0.3 is 45.0 Å². The molecule has 0 bridgehead atoms. The molecule has 0 aliphatic carbocycles. The number of carbonyl (C=O) groups is 3. The first kappa shape index (κ1) is 32.8. The van der Waals surface area contributed by atoms with Crippen molar-refractivity contribution in [3.8, 4) is 0 Å². The van der Waals surface area contributed by atoms with Gasteiger partial charge in [0.2, 0.25) is 0 Å². The van der Waals surface area contributed by atoms with Crippen LogP contribution in [0.25, 0.3) is 0 Å². The van der Waals surface area contributed by atoms with Gasteiger partial charge in [0.1, 0.15) is 5.60 Å². The number of aliphatic hydroxyl groups excluding tert-OH is 2. The maximum atomic E-state index is 11.0. The fourth-order valence-corrected chi connectivity index (χ4v) is 1.94.